The van der Waals surface area contributed by atoms with Crippen molar-refractivity contribution < 1.29 is 4.39 Å². The zero-order chi connectivity index (χ0) is 12.3. The summed E-state index contributed by atoms with van der Waals surface area (Å²) < 4.78 is 13.1. The molecule has 1 N–H and O–H groups in total. The van der Waals surface area contributed by atoms with E-state index in [2.05, 4.69) is 5.32 Å². The summed E-state index contributed by atoms with van der Waals surface area (Å²) in [6.07, 6.45) is 0. The molecule has 0 aliphatic heterocycles. The highest BCUT2D eigenvalue weighted by Crippen LogP contribution is 2.22. The van der Waals surface area contributed by atoms with Crippen LogP contribution >= 0.6 is 11.6 Å². The van der Waals surface area contributed by atoms with Gasteiger partial charge in [-0.1, -0.05) is 11.6 Å². The molecule has 0 unspecified atom stereocenters. The van der Waals surface area contributed by atoms with Crippen LogP contribution in [0.25, 0.3) is 0 Å². The van der Waals surface area contributed by atoms with Gasteiger partial charge in [0.25, 0.3) is 0 Å². The Morgan fingerprint density at radius 1 is 1.06 bits per heavy atom. The second-order valence-corrected chi connectivity index (χ2v) is 3.91. The predicted molar refractivity (Wildman–Crippen MR) is 65.8 cm³/mol. The highest BCUT2D eigenvalue weighted by atomic mass is 35.5. The quantitative estimate of drug-likeness (QED) is 0.866. The first-order valence-electron chi connectivity index (χ1n) is 4.90. The van der Waals surface area contributed by atoms with E-state index in [1.54, 1.807) is 30.3 Å². The largest absolute Gasteiger partial charge is 0.355 e. The molecule has 0 aliphatic rings. The Kier molecular flexibility index (Phi) is 3.27. The van der Waals surface area contributed by atoms with Crippen LogP contribution in [0.3, 0.4) is 0 Å². The summed E-state index contributed by atoms with van der Waals surface area (Å²) in [4.78, 5) is 0. The molecule has 84 valence electrons. The lowest BCUT2D eigenvalue weighted by atomic mass is 10.2. The zero-order valence-corrected chi connectivity index (χ0v) is 9.50. The number of hydrogen-bond acceptors (Lipinski definition) is 2. The van der Waals surface area contributed by atoms with Crippen LogP contribution in [0.5, 0.6) is 0 Å². The molecule has 4 heteroatoms. The van der Waals surface area contributed by atoms with Gasteiger partial charge >= 0.3 is 0 Å². The summed E-state index contributed by atoms with van der Waals surface area (Å²) in [5.74, 6) is -0.395. The number of benzene rings is 2. The van der Waals surface area contributed by atoms with E-state index < -0.39 is 5.82 Å². The van der Waals surface area contributed by atoms with E-state index in [4.69, 9.17) is 16.9 Å². The van der Waals surface area contributed by atoms with Gasteiger partial charge in [0.1, 0.15) is 5.82 Å². The SMILES string of the molecule is N#Cc1ccc(Nc2cc(F)cc(Cl)c2)cc1. The predicted octanol–water partition coefficient (Wildman–Crippen LogP) is 4.09. The van der Waals surface area contributed by atoms with Crippen LogP contribution in [0.4, 0.5) is 15.8 Å². The summed E-state index contributed by atoms with van der Waals surface area (Å²) in [5.41, 5.74) is 1.91. The second-order valence-electron chi connectivity index (χ2n) is 3.47. The van der Waals surface area contributed by atoms with Crippen molar-refractivity contribution in [3.05, 3.63) is 58.9 Å². The topological polar surface area (TPSA) is 35.8 Å². The Balaban J connectivity index is 2.22. The molecule has 0 heterocycles. The maximum absolute atomic E-state index is 13.1. The van der Waals surface area contributed by atoms with Crippen LogP contribution in [0.1, 0.15) is 5.56 Å². The Hall–Kier alpha value is -2.05. The van der Waals surface area contributed by atoms with Crippen LogP contribution in [-0.2, 0) is 0 Å². The Morgan fingerprint density at radius 3 is 2.35 bits per heavy atom. The van der Waals surface area contributed by atoms with E-state index in [0.29, 0.717) is 16.3 Å². The summed E-state index contributed by atoms with van der Waals surface area (Å²) in [5, 5.41) is 12.0. The molecule has 0 radical (unpaired) electrons. The molecule has 0 spiro atoms. The maximum Gasteiger partial charge on any atom is 0.126 e. The van der Waals surface area contributed by atoms with Crippen molar-refractivity contribution in [3.63, 3.8) is 0 Å². The fourth-order valence-corrected chi connectivity index (χ4v) is 1.64. The first-order valence-corrected chi connectivity index (χ1v) is 5.28. The van der Waals surface area contributed by atoms with E-state index in [1.807, 2.05) is 6.07 Å². The molecule has 0 aliphatic carbocycles. The Morgan fingerprint density at radius 2 is 1.76 bits per heavy atom. The second kappa shape index (κ2) is 4.86. The monoisotopic (exact) mass is 246 g/mol. The molecule has 0 amide bonds. The number of nitrogens with one attached hydrogen (secondary N) is 1. The summed E-state index contributed by atoms with van der Waals surface area (Å²) >= 11 is 5.74. The molecule has 0 saturated carbocycles. The van der Waals surface area contributed by atoms with Gasteiger partial charge in [-0.15, -0.1) is 0 Å². The molecule has 0 atom stereocenters. The number of nitriles is 1. The zero-order valence-electron chi connectivity index (χ0n) is 8.74. The molecule has 0 saturated heterocycles. The minimum atomic E-state index is -0.395. The van der Waals surface area contributed by atoms with Crippen LogP contribution in [0.2, 0.25) is 5.02 Å². The average molecular weight is 247 g/mol. The van der Waals surface area contributed by atoms with Gasteiger partial charge < -0.3 is 5.32 Å². The van der Waals surface area contributed by atoms with Gasteiger partial charge in [0.15, 0.2) is 0 Å². The van der Waals surface area contributed by atoms with E-state index in [0.717, 1.165) is 5.69 Å². The van der Waals surface area contributed by atoms with Crippen molar-refractivity contribution in [2.75, 3.05) is 5.32 Å². The molecule has 0 bridgehead atoms. The summed E-state index contributed by atoms with van der Waals surface area (Å²) in [7, 11) is 0. The van der Waals surface area contributed by atoms with Crippen LogP contribution in [0, 0.1) is 17.1 Å². The van der Waals surface area contributed by atoms with Crippen LogP contribution in [0.15, 0.2) is 42.5 Å². The third-order valence-corrected chi connectivity index (χ3v) is 2.38. The molecule has 0 fully saturated rings. The van der Waals surface area contributed by atoms with E-state index >= 15 is 0 Å². The summed E-state index contributed by atoms with van der Waals surface area (Å²) in [6, 6.07) is 13.1. The van der Waals surface area contributed by atoms with Gasteiger partial charge in [-0.05, 0) is 42.5 Å². The minimum absolute atomic E-state index is 0.334. The van der Waals surface area contributed by atoms with Crippen molar-refractivity contribution in [2.24, 2.45) is 0 Å². The maximum atomic E-state index is 13.1. The van der Waals surface area contributed by atoms with Crippen molar-refractivity contribution >= 4 is 23.0 Å². The standard InChI is InChI=1S/C13H8ClFN2/c14-10-5-11(15)7-13(6-10)17-12-3-1-9(8-16)2-4-12/h1-7,17H. The van der Waals surface area contributed by atoms with Gasteiger partial charge in [0, 0.05) is 16.4 Å². The first-order chi connectivity index (χ1) is 8.17. The van der Waals surface area contributed by atoms with Gasteiger partial charge in [-0.2, -0.15) is 5.26 Å². The lowest BCUT2D eigenvalue weighted by molar-refractivity contribution is 0.628. The fraction of sp³-hybridized carbons (Fsp3) is 0. The van der Waals surface area contributed by atoms with Crippen molar-refractivity contribution in [1.29, 1.82) is 5.26 Å². The number of anilines is 2. The average Bonchev–Trinajstić information content (AvgIpc) is 2.28. The highest BCUT2D eigenvalue weighted by Gasteiger charge is 2.00. The third kappa shape index (κ3) is 2.96. The smallest absolute Gasteiger partial charge is 0.126 e. The molecule has 0 aromatic heterocycles. The number of nitrogens with zero attached hydrogens (tertiary/aromatic N) is 1. The Bertz CT molecular complexity index is 553. The van der Waals surface area contributed by atoms with Gasteiger partial charge in [0.2, 0.25) is 0 Å². The fourth-order valence-electron chi connectivity index (χ4n) is 1.42. The van der Waals surface area contributed by atoms with Gasteiger partial charge in [-0.3, -0.25) is 0 Å². The minimum Gasteiger partial charge on any atom is -0.355 e. The lowest BCUT2D eigenvalue weighted by Gasteiger charge is -2.06. The van der Waals surface area contributed by atoms with Crippen LogP contribution < -0.4 is 5.32 Å². The summed E-state index contributed by atoms with van der Waals surface area (Å²) in [6.45, 7) is 0. The van der Waals surface area contributed by atoms with E-state index in [9.17, 15) is 4.39 Å². The molecule has 2 nitrogen and oxygen atoms in total. The van der Waals surface area contributed by atoms with Crippen molar-refractivity contribution in [2.45, 2.75) is 0 Å². The molecular weight excluding hydrogens is 239 g/mol. The first kappa shape index (κ1) is 11.4. The van der Waals surface area contributed by atoms with Crippen molar-refractivity contribution in [3.8, 4) is 6.07 Å². The molecule has 2 aromatic rings. The lowest BCUT2D eigenvalue weighted by Crippen LogP contribution is -1.91. The van der Waals surface area contributed by atoms with Crippen molar-refractivity contribution in [1.82, 2.24) is 0 Å². The molecule has 2 aromatic carbocycles. The normalized spacial score (nSPS) is 9.71. The van der Waals surface area contributed by atoms with E-state index in [-0.39, 0.29) is 0 Å². The third-order valence-electron chi connectivity index (χ3n) is 2.17. The number of halogens is 2. The Labute approximate surface area is 103 Å². The van der Waals surface area contributed by atoms with Gasteiger partial charge in [-0.25, -0.2) is 4.39 Å². The molecule has 17 heavy (non-hydrogen) atoms. The van der Waals surface area contributed by atoms with Crippen LogP contribution in [-0.4, -0.2) is 0 Å². The molecule has 2 rings (SSSR count). The molecular formula is C13H8ClFN2. The van der Waals surface area contributed by atoms with E-state index in [1.165, 1.54) is 12.1 Å². The highest BCUT2D eigenvalue weighted by molar-refractivity contribution is 6.30. The number of rotatable bonds is 2. The number of hydrogen-bond donors (Lipinski definition) is 1. The van der Waals surface area contributed by atoms with Gasteiger partial charge in [0.05, 0.1) is 11.6 Å².